The molecule has 92 valence electrons. The lowest BCUT2D eigenvalue weighted by atomic mass is 9.87. The molecule has 0 bridgehead atoms. The third kappa shape index (κ3) is 2.60. The Morgan fingerprint density at radius 1 is 1.22 bits per heavy atom. The topological polar surface area (TPSA) is 56.8 Å². The molecule has 2 unspecified atom stereocenters. The Balaban J connectivity index is 2.14. The van der Waals surface area contributed by atoms with Crippen molar-refractivity contribution in [2.45, 2.75) is 31.8 Å². The number of benzene rings is 1. The number of hydrogen-bond acceptors (Lipinski definition) is 3. The third-order valence-electron chi connectivity index (χ3n) is 3.21. The predicted molar refractivity (Wildman–Crippen MR) is 63.1 cm³/mol. The van der Waals surface area contributed by atoms with E-state index in [0.717, 1.165) is 31.7 Å². The second-order valence-electron chi connectivity index (χ2n) is 4.43. The molecule has 0 spiro atoms. The molecule has 2 rings (SSSR count). The molecule has 18 heavy (non-hydrogen) atoms. The second kappa shape index (κ2) is 5.51. The Morgan fingerprint density at radius 2 is 2.00 bits per heavy atom. The minimum absolute atomic E-state index is 0.126. The van der Waals surface area contributed by atoms with Crippen molar-refractivity contribution >= 4 is 0 Å². The minimum Gasteiger partial charge on any atom is -0.486 e. The van der Waals surface area contributed by atoms with Crippen molar-refractivity contribution in [3.05, 3.63) is 29.6 Å². The molecular weight excluding hydrogens is 231 g/mol. The first kappa shape index (κ1) is 12.4. The van der Waals surface area contributed by atoms with Crippen molar-refractivity contribution in [2.24, 2.45) is 5.92 Å². The van der Waals surface area contributed by atoms with Gasteiger partial charge in [0.05, 0.1) is 23.6 Å². The highest BCUT2D eigenvalue weighted by atomic mass is 19.1. The lowest BCUT2D eigenvalue weighted by molar-refractivity contribution is 0.115. The van der Waals surface area contributed by atoms with Crippen LogP contribution < -0.4 is 4.74 Å². The van der Waals surface area contributed by atoms with Crippen LogP contribution in [0, 0.1) is 34.4 Å². The van der Waals surface area contributed by atoms with E-state index in [1.807, 2.05) is 6.07 Å². The van der Waals surface area contributed by atoms with Gasteiger partial charge in [0.2, 0.25) is 0 Å². The zero-order valence-corrected chi connectivity index (χ0v) is 9.90. The van der Waals surface area contributed by atoms with Gasteiger partial charge in [0, 0.05) is 0 Å². The van der Waals surface area contributed by atoms with Crippen molar-refractivity contribution in [2.75, 3.05) is 0 Å². The summed E-state index contributed by atoms with van der Waals surface area (Å²) >= 11 is 0. The third-order valence-corrected chi connectivity index (χ3v) is 3.21. The highest BCUT2D eigenvalue weighted by molar-refractivity contribution is 5.36. The maximum Gasteiger partial charge on any atom is 0.166 e. The van der Waals surface area contributed by atoms with E-state index < -0.39 is 5.82 Å². The smallest absolute Gasteiger partial charge is 0.166 e. The van der Waals surface area contributed by atoms with Gasteiger partial charge in [-0.1, -0.05) is 6.42 Å². The van der Waals surface area contributed by atoms with E-state index in [-0.39, 0.29) is 23.3 Å². The Kier molecular flexibility index (Phi) is 3.79. The molecule has 0 aliphatic heterocycles. The number of nitrogens with zero attached hydrogens (tertiary/aromatic N) is 2. The molecule has 1 saturated carbocycles. The van der Waals surface area contributed by atoms with E-state index in [9.17, 15) is 4.39 Å². The summed E-state index contributed by atoms with van der Waals surface area (Å²) in [5.74, 6) is -0.591. The summed E-state index contributed by atoms with van der Waals surface area (Å²) in [6.45, 7) is 0. The monoisotopic (exact) mass is 244 g/mol. The Labute approximate surface area is 105 Å². The van der Waals surface area contributed by atoms with Crippen molar-refractivity contribution in [1.82, 2.24) is 0 Å². The average Bonchev–Trinajstić information content (AvgIpc) is 2.41. The molecule has 0 amide bonds. The quantitative estimate of drug-likeness (QED) is 0.802. The van der Waals surface area contributed by atoms with Crippen LogP contribution in [0.5, 0.6) is 5.75 Å². The summed E-state index contributed by atoms with van der Waals surface area (Å²) in [5.41, 5.74) is 0.264. The van der Waals surface area contributed by atoms with Crippen molar-refractivity contribution in [3.8, 4) is 17.9 Å². The fraction of sp³-hybridized carbons (Fsp3) is 0.429. The summed E-state index contributed by atoms with van der Waals surface area (Å²) in [6.07, 6.45) is 3.36. The first-order valence-electron chi connectivity index (χ1n) is 6.00. The lowest BCUT2D eigenvalue weighted by Gasteiger charge is -2.27. The van der Waals surface area contributed by atoms with Crippen LogP contribution in [0.25, 0.3) is 0 Å². The molecule has 1 aliphatic rings. The number of ether oxygens (including phenoxy) is 1. The van der Waals surface area contributed by atoms with Gasteiger partial charge in [0.1, 0.15) is 6.10 Å². The summed E-state index contributed by atoms with van der Waals surface area (Å²) < 4.78 is 19.2. The van der Waals surface area contributed by atoms with Gasteiger partial charge in [0.25, 0.3) is 0 Å². The summed E-state index contributed by atoms with van der Waals surface area (Å²) in [4.78, 5) is 0. The van der Waals surface area contributed by atoms with Gasteiger partial charge in [-0.25, -0.2) is 4.39 Å². The SMILES string of the molecule is N#Cc1ccc(OC2CCCCC2C#N)c(F)c1. The van der Waals surface area contributed by atoms with E-state index in [1.165, 1.54) is 12.1 Å². The van der Waals surface area contributed by atoms with Gasteiger partial charge in [-0.3, -0.25) is 0 Å². The van der Waals surface area contributed by atoms with Gasteiger partial charge >= 0.3 is 0 Å². The fourth-order valence-electron chi connectivity index (χ4n) is 2.21. The standard InChI is InChI=1S/C14H13FN2O/c15-12-7-10(8-16)5-6-14(12)18-13-4-2-1-3-11(13)9-17/h5-7,11,13H,1-4H2. The Hall–Kier alpha value is -2.07. The van der Waals surface area contributed by atoms with E-state index in [4.69, 9.17) is 15.3 Å². The zero-order chi connectivity index (χ0) is 13.0. The van der Waals surface area contributed by atoms with Crippen LogP contribution in [0.4, 0.5) is 4.39 Å². The first-order valence-corrected chi connectivity index (χ1v) is 6.00. The molecule has 0 heterocycles. The number of rotatable bonds is 2. The first-order chi connectivity index (χ1) is 8.74. The summed E-state index contributed by atoms with van der Waals surface area (Å²) in [6, 6.07) is 8.21. The number of hydrogen-bond donors (Lipinski definition) is 0. The van der Waals surface area contributed by atoms with Crippen LogP contribution in [0.2, 0.25) is 0 Å². The van der Waals surface area contributed by atoms with Gasteiger partial charge in [0.15, 0.2) is 11.6 Å². The van der Waals surface area contributed by atoms with Gasteiger partial charge in [-0.2, -0.15) is 10.5 Å². The molecule has 0 N–H and O–H groups in total. The van der Waals surface area contributed by atoms with Crippen LogP contribution in [-0.2, 0) is 0 Å². The minimum atomic E-state index is -0.545. The van der Waals surface area contributed by atoms with Crippen LogP contribution >= 0.6 is 0 Å². The van der Waals surface area contributed by atoms with Crippen LogP contribution in [-0.4, -0.2) is 6.10 Å². The van der Waals surface area contributed by atoms with Gasteiger partial charge in [-0.05, 0) is 37.5 Å². The lowest BCUT2D eigenvalue weighted by Crippen LogP contribution is -2.29. The Morgan fingerprint density at radius 3 is 2.67 bits per heavy atom. The molecule has 4 heteroatoms. The Bertz CT molecular complexity index is 516. The summed E-state index contributed by atoms with van der Waals surface area (Å²) in [7, 11) is 0. The van der Waals surface area contributed by atoms with E-state index in [2.05, 4.69) is 6.07 Å². The van der Waals surface area contributed by atoms with E-state index in [1.54, 1.807) is 0 Å². The molecule has 3 nitrogen and oxygen atoms in total. The molecule has 2 atom stereocenters. The molecule has 1 aromatic carbocycles. The van der Waals surface area contributed by atoms with Crippen molar-refractivity contribution < 1.29 is 9.13 Å². The number of halogens is 1. The second-order valence-corrected chi connectivity index (χ2v) is 4.43. The zero-order valence-electron chi connectivity index (χ0n) is 9.90. The van der Waals surface area contributed by atoms with Crippen molar-refractivity contribution in [1.29, 1.82) is 10.5 Å². The molecule has 0 saturated heterocycles. The largest absolute Gasteiger partial charge is 0.486 e. The maximum atomic E-state index is 13.7. The predicted octanol–water partition coefficient (Wildman–Crippen LogP) is 3.16. The molecular formula is C14H13FN2O. The summed E-state index contributed by atoms with van der Waals surface area (Å²) in [5, 5.41) is 17.7. The average molecular weight is 244 g/mol. The van der Waals surface area contributed by atoms with E-state index in [0.29, 0.717) is 0 Å². The van der Waals surface area contributed by atoms with Crippen LogP contribution in [0.15, 0.2) is 18.2 Å². The fourth-order valence-corrected chi connectivity index (χ4v) is 2.21. The molecule has 0 radical (unpaired) electrons. The highest BCUT2D eigenvalue weighted by Crippen LogP contribution is 2.29. The normalized spacial score (nSPS) is 22.8. The van der Waals surface area contributed by atoms with Gasteiger partial charge in [-0.15, -0.1) is 0 Å². The highest BCUT2D eigenvalue weighted by Gasteiger charge is 2.27. The maximum absolute atomic E-state index is 13.7. The van der Waals surface area contributed by atoms with E-state index >= 15 is 0 Å². The molecule has 0 aromatic heterocycles. The molecule has 1 aliphatic carbocycles. The van der Waals surface area contributed by atoms with Gasteiger partial charge < -0.3 is 4.74 Å². The van der Waals surface area contributed by atoms with Crippen molar-refractivity contribution in [3.63, 3.8) is 0 Å². The molecule has 1 aromatic rings. The molecule has 1 fully saturated rings. The van der Waals surface area contributed by atoms with Crippen LogP contribution in [0.3, 0.4) is 0 Å². The van der Waals surface area contributed by atoms with Crippen LogP contribution in [0.1, 0.15) is 31.2 Å². The number of nitriles is 2.